The average Bonchev–Trinajstić information content (AvgIpc) is 3.01. The summed E-state index contributed by atoms with van der Waals surface area (Å²) in [6, 6.07) is 14.1. The van der Waals surface area contributed by atoms with Crippen LogP contribution in [0.3, 0.4) is 0 Å². The number of carbonyl (C=O) groups is 1. The van der Waals surface area contributed by atoms with E-state index in [1.54, 1.807) is 24.5 Å². The van der Waals surface area contributed by atoms with Gasteiger partial charge in [0, 0.05) is 31.7 Å². The van der Waals surface area contributed by atoms with Crippen LogP contribution in [-0.4, -0.2) is 20.0 Å². The topological polar surface area (TPSA) is 68.9 Å². The maximum atomic E-state index is 12.4. The fraction of sp³-hybridized carbons (Fsp3) is 0.167. The molecule has 0 aliphatic heterocycles. The van der Waals surface area contributed by atoms with Crippen molar-refractivity contribution in [2.24, 2.45) is 7.05 Å². The van der Waals surface area contributed by atoms with Gasteiger partial charge in [-0.1, -0.05) is 36.4 Å². The van der Waals surface area contributed by atoms with E-state index in [2.05, 4.69) is 10.3 Å². The molecular weight excluding hydrogens is 304 g/mol. The Kier molecular flexibility index (Phi) is 4.56. The van der Waals surface area contributed by atoms with Gasteiger partial charge in [-0.2, -0.15) is 0 Å². The third-order valence-electron chi connectivity index (χ3n) is 3.77. The van der Waals surface area contributed by atoms with Gasteiger partial charge in [0.05, 0.1) is 0 Å². The minimum absolute atomic E-state index is 0.0343. The molecule has 1 aromatic carbocycles. The van der Waals surface area contributed by atoms with Gasteiger partial charge in [0.2, 0.25) is 5.91 Å². The summed E-state index contributed by atoms with van der Waals surface area (Å²) < 4.78 is 3.24. The molecule has 1 N–H and O–H groups in total. The summed E-state index contributed by atoms with van der Waals surface area (Å²) in [6.07, 6.45) is 5.12. The monoisotopic (exact) mass is 322 g/mol. The number of rotatable bonds is 5. The first-order valence-electron chi connectivity index (χ1n) is 7.62. The first-order chi connectivity index (χ1) is 11.6. The maximum absolute atomic E-state index is 12.4. The Bertz CT molecular complexity index is 883. The molecule has 0 radical (unpaired) electrons. The van der Waals surface area contributed by atoms with E-state index in [0.717, 1.165) is 11.4 Å². The lowest BCUT2D eigenvalue weighted by Gasteiger charge is -2.19. The van der Waals surface area contributed by atoms with E-state index in [1.807, 2.05) is 48.1 Å². The van der Waals surface area contributed by atoms with Gasteiger partial charge in [-0.05, 0) is 11.6 Å². The lowest BCUT2D eigenvalue weighted by molar-refractivity contribution is -0.122. The lowest BCUT2D eigenvalue weighted by Crippen LogP contribution is -2.35. The van der Waals surface area contributed by atoms with Crippen LogP contribution in [0.15, 0.2) is 71.9 Å². The zero-order valence-electron chi connectivity index (χ0n) is 13.3. The quantitative estimate of drug-likeness (QED) is 0.774. The highest BCUT2D eigenvalue weighted by atomic mass is 16.2. The van der Waals surface area contributed by atoms with Crippen molar-refractivity contribution in [1.29, 1.82) is 0 Å². The third kappa shape index (κ3) is 3.43. The number of aromatic nitrogens is 3. The van der Waals surface area contributed by atoms with Gasteiger partial charge in [0.25, 0.3) is 5.56 Å². The van der Waals surface area contributed by atoms with Gasteiger partial charge in [-0.3, -0.25) is 9.59 Å². The van der Waals surface area contributed by atoms with Crippen molar-refractivity contribution in [3.05, 3.63) is 88.9 Å². The molecule has 0 bridgehead atoms. The smallest absolute Gasteiger partial charge is 0.250 e. The summed E-state index contributed by atoms with van der Waals surface area (Å²) >= 11 is 0. The maximum Gasteiger partial charge on any atom is 0.250 e. The van der Waals surface area contributed by atoms with Crippen LogP contribution in [0, 0.1) is 0 Å². The number of nitrogens with one attached hydrogen (secondary N) is 1. The number of hydrogen-bond donors (Lipinski definition) is 1. The Balaban J connectivity index is 1.85. The molecular formula is C18H18N4O2. The molecule has 2 heterocycles. The Morgan fingerprint density at radius 1 is 1.12 bits per heavy atom. The van der Waals surface area contributed by atoms with Gasteiger partial charge in [-0.25, -0.2) is 4.98 Å². The predicted molar refractivity (Wildman–Crippen MR) is 90.3 cm³/mol. The van der Waals surface area contributed by atoms with Crippen LogP contribution in [0.1, 0.15) is 17.4 Å². The van der Waals surface area contributed by atoms with Crippen LogP contribution >= 0.6 is 0 Å². The van der Waals surface area contributed by atoms with Gasteiger partial charge >= 0.3 is 0 Å². The number of hydrogen-bond acceptors (Lipinski definition) is 3. The number of amides is 1. The highest BCUT2D eigenvalue weighted by Gasteiger charge is 2.20. The zero-order chi connectivity index (χ0) is 16.9. The SMILES string of the molecule is Cn1ccnc1C(NC(=O)Cn1ccccc1=O)c1ccccc1. The van der Waals surface area contributed by atoms with Crippen LogP contribution in [-0.2, 0) is 18.4 Å². The fourth-order valence-electron chi connectivity index (χ4n) is 2.55. The van der Waals surface area contributed by atoms with E-state index in [-0.39, 0.29) is 24.1 Å². The number of imidazole rings is 1. The van der Waals surface area contributed by atoms with Crippen molar-refractivity contribution in [1.82, 2.24) is 19.4 Å². The highest BCUT2D eigenvalue weighted by Crippen LogP contribution is 2.20. The molecule has 0 saturated heterocycles. The van der Waals surface area contributed by atoms with Crippen molar-refractivity contribution in [2.75, 3.05) is 0 Å². The third-order valence-corrected chi connectivity index (χ3v) is 3.77. The molecule has 3 aromatic rings. The summed E-state index contributed by atoms with van der Waals surface area (Å²) in [5.74, 6) is 0.482. The van der Waals surface area contributed by atoms with Crippen LogP contribution in [0.5, 0.6) is 0 Å². The van der Waals surface area contributed by atoms with E-state index in [9.17, 15) is 9.59 Å². The standard InChI is InChI=1S/C18H18N4O2/c1-21-12-10-19-18(21)17(14-7-3-2-4-8-14)20-15(23)13-22-11-6-5-9-16(22)24/h2-12,17H,13H2,1H3,(H,20,23). The van der Waals surface area contributed by atoms with Gasteiger partial charge in [0.15, 0.2) is 0 Å². The molecule has 24 heavy (non-hydrogen) atoms. The van der Waals surface area contributed by atoms with Gasteiger partial charge < -0.3 is 14.5 Å². The first-order valence-corrected chi connectivity index (χ1v) is 7.62. The largest absolute Gasteiger partial charge is 0.341 e. The molecule has 1 atom stereocenters. The zero-order valence-corrected chi connectivity index (χ0v) is 13.3. The van der Waals surface area contributed by atoms with Crippen molar-refractivity contribution in [2.45, 2.75) is 12.6 Å². The molecule has 3 rings (SSSR count). The van der Waals surface area contributed by atoms with Crippen molar-refractivity contribution < 1.29 is 4.79 Å². The summed E-state index contributed by atoms with van der Waals surface area (Å²) in [4.78, 5) is 28.6. The van der Waals surface area contributed by atoms with E-state index in [1.165, 1.54) is 10.6 Å². The summed E-state index contributed by atoms with van der Waals surface area (Å²) in [5, 5.41) is 2.97. The molecule has 0 aliphatic rings. The molecule has 1 unspecified atom stereocenters. The Labute approximate surface area is 139 Å². The number of carbonyl (C=O) groups excluding carboxylic acids is 1. The second kappa shape index (κ2) is 6.95. The number of nitrogens with zero attached hydrogens (tertiary/aromatic N) is 3. The van der Waals surface area contributed by atoms with Crippen LogP contribution in [0.4, 0.5) is 0 Å². The Morgan fingerprint density at radius 3 is 2.54 bits per heavy atom. The molecule has 0 fully saturated rings. The summed E-state index contributed by atoms with van der Waals surface area (Å²) in [6.45, 7) is -0.0343. The van der Waals surface area contributed by atoms with Crippen LogP contribution < -0.4 is 10.9 Å². The molecule has 122 valence electrons. The van der Waals surface area contributed by atoms with E-state index in [4.69, 9.17) is 0 Å². The van der Waals surface area contributed by atoms with Crippen LogP contribution in [0.25, 0.3) is 0 Å². The molecule has 0 aliphatic carbocycles. The minimum atomic E-state index is -0.377. The van der Waals surface area contributed by atoms with E-state index in [0.29, 0.717) is 0 Å². The fourth-order valence-corrected chi connectivity index (χ4v) is 2.55. The van der Waals surface area contributed by atoms with Crippen molar-refractivity contribution in [3.63, 3.8) is 0 Å². The molecule has 6 nitrogen and oxygen atoms in total. The van der Waals surface area contributed by atoms with Gasteiger partial charge in [0.1, 0.15) is 18.4 Å². The summed E-state index contributed by atoms with van der Waals surface area (Å²) in [7, 11) is 1.88. The van der Waals surface area contributed by atoms with Gasteiger partial charge in [-0.15, -0.1) is 0 Å². The lowest BCUT2D eigenvalue weighted by atomic mass is 10.1. The number of aryl methyl sites for hydroxylation is 1. The molecule has 2 aromatic heterocycles. The second-order valence-corrected chi connectivity index (χ2v) is 5.47. The Morgan fingerprint density at radius 2 is 1.88 bits per heavy atom. The van der Waals surface area contributed by atoms with Crippen molar-refractivity contribution in [3.8, 4) is 0 Å². The van der Waals surface area contributed by atoms with E-state index >= 15 is 0 Å². The molecule has 0 spiro atoms. The first kappa shape index (κ1) is 15.7. The van der Waals surface area contributed by atoms with Crippen LogP contribution in [0.2, 0.25) is 0 Å². The average molecular weight is 322 g/mol. The predicted octanol–water partition coefficient (Wildman–Crippen LogP) is 1.49. The number of benzene rings is 1. The summed E-state index contributed by atoms with van der Waals surface area (Å²) in [5.41, 5.74) is 0.724. The van der Waals surface area contributed by atoms with Crippen molar-refractivity contribution >= 4 is 5.91 Å². The highest BCUT2D eigenvalue weighted by molar-refractivity contribution is 5.76. The van der Waals surface area contributed by atoms with E-state index < -0.39 is 0 Å². The normalized spacial score (nSPS) is 11.9. The minimum Gasteiger partial charge on any atom is -0.341 e. The molecule has 0 saturated carbocycles. The molecule has 1 amide bonds. The second-order valence-electron chi connectivity index (χ2n) is 5.47. The Hall–Kier alpha value is -3.15. The molecule has 6 heteroatoms. The number of pyridine rings is 1.